The first-order valence-corrected chi connectivity index (χ1v) is 5.89. The molecule has 0 aliphatic carbocycles. The molecule has 1 aromatic rings. The molecule has 0 fully saturated rings. The summed E-state index contributed by atoms with van der Waals surface area (Å²) in [5.41, 5.74) is 0.992. The molecule has 5 heteroatoms. The molecule has 1 N–H and O–H groups in total. The van der Waals surface area contributed by atoms with Gasteiger partial charge in [-0.25, -0.2) is 4.79 Å². The molecule has 1 aliphatic heterocycles. The van der Waals surface area contributed by atoms with Crippen molar-refractivity contribution < 1.29 is 14.3 Å². The van der Waals surface area contributed by atoms with Gasteiger partial charge in [-0.2, -0.15) is 0 Å². The first-order chi connectivity index (χ1) is 8.03. The fraction of sp³-hybridized carbons (Fsp3) is 0.417. The maximum atomic E-state index is 11.3. The summed E-state index contributed by atoms with van der Waals surface area (Å²) in [5, 5.41) is 2.66. The number of carbonyl (C=O) groups is 1. The van der Waals surface area contributed by atoms with Crippen molar-refractivity contribution in [1.29, 1.82) is 0 Å². The monoisotopic (exact) mass is 255 g/mol. The minimum atomic E-state index is -0.655. The number of alkyl halides is 1. The highest BCUT2D eigenvalue weighted by Crippen LogP contribution is 2.37. The molecule has 0 saturated carbocycles. The zero-order chi connectivity index (χ0) is 12.5. The molecule has 2 rings (SSSR count). The van der Waals surface area contributed by atoms with Gasteiger partial charge in [0.15, 0.2) is 0 Å². The molecule has 92 valence electrons. The van der Waals surface area contributed by atoms with Gasteiger partial charge in [0.1, 0.15) is 18.0 Å². The molecule has 17 heavy (non-hydrogen) atoms. The zero-order valence-electron chi connectivity index (χ0n) is 9.75. The standard InChI is InChI=1S/C12H14ClNO3/c1-12(2)9-7-8(16-6-5-13)3-4-10(9)14-11(15)17-12/h3-4,7H,5-6H2,1-2H3,(H,14,15). The number of carbonyl (C=O) groups excluding carboxylic acids is 1. The molecule has 0 unspecified atom stereocenters. The van der Waals surface area contributed by atoms with Crippen molar-refractivity contribution in [2.75, 3.05) is 17.8 Å². The average Bonchev–Trinajstić information content (AvgIpc) is 2.25. The van der Waals surface area contributed by atoms with E-state index in [2.05, 4.69) is 5.32 Å². The van der Waals surface area contributed by atoms with E-state index >= 15 is 0 Å². The third kappa shape index (κ3) is 2.47. The maximum Gasteiger partial charge on any atom is 0.412 e. The van der Waals surface area contributed by atoms with E-state index in [1.165, 1.54) is 0 Å². The van der Waals surface area contributed by atoms with Crippen LogP contribution in [-0.4, -0.2) is 18.6 Å². The number of amides is 1. The Balaban J connectivity index is 2.33. The molecule has 1 amide bonds. The minimum absolute atomic E-state index is 0.433. The molecule has 4 nitrogen and oxygen atoms in total. The second-order valence-corrected chi connectivity index (χ2v) is 4.65. The Labute approximate surface area is 105 Å². The van der Waals surface area contributed by atoms with E-state index in [0.717, 1.165) is 17.0 Å². The van der Waals surface area contributed by atoms with Gasteiger partial charge in [0, 0.05) is 5.56 Å². The quantitative estimate of drug-likeness (QED) is 0.845. The highest BCUT2D eigenvalue weighted by Gasteiger charge is 2.33. The average molecular weight is 256 g/mol. The smallest absolute Gasteiger partial charge is 0.412 e. The lowest BCUT2D eigenvalue weighted by atomic mass is 9.94. The normalized spacial score (nSPS) is 16.8. The van der Waals surface area contributed by atoms with Gasteiger partial charge in [0.25, 0.3) is 0 Å². The van der Waals surface area contributed by atoms with Crippen LogP contribution in [0.3, 0.4) is 0 Å². The molecule has 0 radical (unpaired) electrons. The van der Waals surface area contributed by atoms with Crippen molar-refractivity contribution >= 4 is 23.4 Å². The SMILES string of the molecule is CC1(C)OC(=O)Nc2ccc(OCCCl)cc21. The molecule has 1 aromatic carbocycles. The third-order valence-electron chi connectivity index (χ3n) is 2.57. The molecule has 1 heterocycles. The second-order valence-electron chi connectivity index (χ2n) is 4.27. The number of ether oxygens (including phenoxy) is 2. The van der Waals surface area contributed by atoms with E-state index in [1.54, 1.807) is 12.1 Å². The third-order valence-corrected chi connectivity index (χ3v) is 2.72. The van der Waals surface area contributed by atoms with Crippen molar-refractivity contribution in [3.05, 3.63) is 23.8 Å². The van der Waals surface area contributed by atoms with Crippen LogP contribution in [0.1, 0.15) is 19.4 Å². The molecule has 0 spiro atoms. The lowest BCUT2D eigenvalue weighted by molar-refractivity contribution is 0.0418. The summed E-state index contributed by atoms with van der Waals surface area (Å²) in [4.78, 5) is 11.3. The van der Waals surface area contributed by atoms with Gasteiger partial charge < -0.3 is 9.47 Å². The minimum Gasteiger partial charge on any atom is -0.492 e. The summed E-state index contributed by atoms with van der Waals surface area (Å²) in [5.74, 6) is 1.16. The van der Waals surface area contributed by atoms with Crippen LogP contribution in [0.4, 0.5) is 10.5 Å². The maximum absolute atomic E-state index is 11.3. The molecule has 0 bridgehead atoms. The number of hydrogen-bond donors (Lipinski definition) is 1. The predicted octanol–water partition coefficient (Wildman–Crippen LogP) is 3.10. The summed E-state index contributed by atoms with van der Waals surface area (Å²) in [6, 6.07) is 5.47. The lowest BCUT2D eigenvalue weighted by Gasteiger charge is -2.32. The first kappa shape index (κ1) is 12.0. The highest BCUT2D eigenvalue weighted by molar-refractivity contribution is 6.18. The lowest BCUT2D eigenvalue weighted by Crippen LogP contribution is -2.34. The number of benzene rings is 1. The van der Waals surface area contributed by atoms with Gasteiger partial charge in [-0.1, -0.05) is 0 Å². The summed E-state index contributed by atoms with van der Waals surface area (Å²) in [6.45, 7) is 4.14. The Morgan fingerprint density at radius 2 is 2.24 bits per heavy atom. The Morgan fingerprint density at radius 1 is 1.47 bits per heavy atom. The van der Waals surface area contributed by atoms with Crippen LogP contribution in [0.15, 0.2) is 18.2 Å². The van der Waals surface area contributed by atoms with E-state index in [0.29, 0.717) is 12.5 Å². The van der Waals surface area contributed by atoms with Crippen molar-refractivity contribution in [3.63, 3.8) is 0 Å². The molecule has 0 atom stereocenters. The van der Waals surface area contributed by atoms with E-state index < -0.39 is 11.7 Å². The van der Waals surface area contributed by atoms with E-state index in [-0.39, 0.29) is 0 Å². The number of fused-ring (bicyclic) bond motifs is 1. The van der Waals surface area contributed by atoms with Crippen LogP contribution in [0, 0.1) is 0 Å². The van der Waals surface area contributed by atoms with E-state index in [1.807, 2.05) is 19.9 Å². The van der Waals surface area contributed by atoms with Crippen molar-refractivity contribution in [2.45, 2.75) is 19.4 Å². The van der Waals surface area contributed by atoms with Crippen molar-refractivity contribution in [1.82, 2.24) is 0 Å². The Morgan fingerprint density at radius 3 is 2.94 bits per heavy atom. The summed E-state index contributed by atoms with van der Waals surface area (Å²) >= 11 is 5.56. The fourth-order valence-corrected chi connectivity index (χ4v) is 1.88. The van der Waals surface area contributed by atoms with Gasteiger partial charge in [0.2, 0.25) is 0 Å². The first-order valence-electron chi connectivity index (χ1n) is 5.36. The number of nitrogens with one attached hydrogen (secondary N) is 1. The van der Waals surface area contributed by atoms with Gasteiger partial charge >= 0.3 is 6.09 Å². The Hall–Kier alpha value is -1.42. The number of halogens is 1. The van der Waals surface area contributed by atoms with Gasteiger partial charge in [0.05, 0.1) is 11.6 Å². The Bertz CT molecular complexity index is 445. The number of rotatable bonds is 3. The Kier molecular flexibility index (Phi) is 3.15. The largest absolute Gasteiger partial charge is 0.492 e. The zero-order valence-corrected chi connectivity index (χ0v) is 10.5. The van der Waals surface area contributed by atoms with Crippen molar-refractivity contribution in [2.24, 2.45) is 0 Å². The molecular formula is C12H14ClNO3. The van der Waals surface area contributed by atoms with Crippen molar-refractivity contribution in [3.8, 4) is 5.75 Å². The van der Waals surface area contributed by atoms with E-state index in [4.69, 9.17) is 21.1 Å². The summed E-state index contributed by atoms with van der Waals surface area (Å²) in [6.07, 6.45) is -0.433. The summed E-state index contributed by atoms with van der Waals surface area (Å²) < 4.78 is 10.7. The molecule has 1 aliphatic rings. The number of cyclic esters (lactones) is 1. The van der Waals surface area contributed by atoms with Gasteiger partial charge in [-0.15, -0.1) is 11.6 Å². The fourth-order valence-electron chi connectivity index (χ4n) is 1.80. The van der Waals surface area contributed by atoms with Crippen LogP contribution < -0.4 is 10.1 Å². The topological polar surface area (TPSA) is 47.6 Å². The molecular weight excluding hydrogens is 242 g/mol. The van der Waals surface area contributed by atoms with Crippen LogP contribution in [0.2, 0.25) is 0 Å². The van der Waals surface area contributed by atoms with E-state index in [9.17, 15) is 4.79 Å². The van der Waals surface area contributed by atoms with Crippen LogP contribution in [-0.2, 0) is 10.3 Å². The predicted molar refractivity (Wildman–Crippen MR) is 65.8 cm³/mol. The van der Waals surface area contributed by atoms with Gasteiger partial charge in [-0.05, 0) is 32.0 Å². The highest BCUT2D eigenvalue weighted by atomic mass is 35.5. The molecule has 0 aromatic heterocycles. The van der Waals surface area contributed by atoms with Gasteiger partial charge in [-0.3, -0.25) is 5.32 Å². The van der Waals surface area contributed by atoms with Crippen LogP contribution >= 0.6 is 11.6 Å². The second kappa shape index (κ2) is 4.45. The number of anilines is 1. The van der Waals surface area contributed by atoms with Crippen LogP contribution in [0.5, 0.6) is 5.75 Å². The molecule has 0 saturated heterocycles. The summed E-state index contributed by atoms with van der Waals surface area (Å²) in [7, 11) is 0. The van der Waals surface area contributed by atoms with Crippen LogP contribution in [0.25, 0.3) is 0 Å². The number of hydrogen-bond acceptors (Lipinski definition) is 3.